The summed E-state index contributed by atoms with van der Waals surface area (Å²) in [7, 11) is -2.83. The molecule has 0 bridgehead atoms. The molecule has 1 unspecified atom stereocenters. The average Bonchev–Trinajstić information content (AvgIpc) is 2.49. The van der Waals surface area contributed by atoms with Gasteiger partial charge >= 0.3 is 0 Å². The molecule has 14 heavy (non-hydrogen) atoms. The summed E-state index contributed by atoms with van der Waals surface area (Å²) in [6, 6.07) is 2.04. The van der Waals surface area contributed by atoms with Gasteiger partial charge in [-0.3, -0.25) is 0 Å². The van der Waals surface area contributed by atoms with Gasteiger partial charge in [0.05, 0.1) is 17.5 Å². The van der Waals surface area contributed by atoms with E-state index in [0.29, 0.717) is 6.54 Å². The van der Waals surface area contributed by atoms with Crippen molar-refractivity contribution in [3.05, 3.63) is 21.9 Å². The molecule has 0 radical (unpaired) electrons. The molecule has 2 heterocycles. The monoisotopic (exact) mass is 231 g/mol. The molecule has 78 valence electrons. The van der Waals surface area contributed by atoms with Crippen LogP contribution in [0.15, 0.2) is 11.4 Å². The van der Waals surface area contributed by atoms with Crippen LogP contribution in [0.25, 0.3) is 0 Å². The Morgan fingerprint density at radius 2 is 2.36 bits per heavy atom. The van der Waals surface area contributed by atoms with Gasteiger partial charge in [-0.15, -0.1) is 11.3 Å². The minimum absolute atomic E-state index is 0.00810. The van der Waals surface area contributed by atoms with Crippen LogP contribution in [0.4, 0.5) is 0 Å². The van der Waals surface area contributed by atoms with E-state index in [-0.39, 0.29) is 17.5 Å². The second kappa shape index (κ2) is 3.64. The fourth-order valence-electron chi connectivity index (χ4n) is 1.69. The maximum absolute atomic E-state index is 11.4. The van der Waals surface area contributed by atoms with Crippen molar-refractivity contribution in [2.75, 3.05) is 18.1 Å². The van der Waals surface area contributed by atoms with Crippen LogP contribution < -0.4 is 5.32 Å². The van der Waals surface area contributed by atoms with Gasteiger partial charge in [-0.1, -0.05) is 0 Å². The Balaban J connectivity index is 2.24. The summed E-state index contributed by atoms with van der Waals surface area (Å²) in [6.07, 6.45) is 0. The summed E-state index contributed by atoms with van der Waals surface area (Å²) < 4.78 is 22.9. The van der Waals surface area contributed by atoms with Crippen molar-refractivity contribution in [2.24, 2.45) is 0 Å². The molecule has 1 aromatic heterocycles. The second-order valence-corrected chi connectivity index (χ2v) is 6.77. The fourth-order valence-corrected chi connectivity index (χ4v) is 4.19. The summed E-state index contributed by atoms with van der Waals surface area (Å²) in [5.41, 5.74) is 1.18. The average molecular weight is 231 g/mol. The lowest BCUT2D eigenvalue weighted by molar-refractivity contribution is 0.534. The van der Waals surface area contributed by atoms with Crippen LogP contribution in [0.1, 0.15) is 16.5 Å². The highest BCUT2D eigenvalue weighted by Crippen LogP contribution is 2.26. The highest BCUT2D eigenvalue weighted by atomic mass is 32.2. The van der Waals surface area contributed by atoms with Gasteiger partial charge in [0.1, 0.15) is 0 Å². The molecule has 2 rings (SSSR count). The van der Waals surface area contributed by atoms with Crippen LogP contribution in [0, 0.1) is 6.92 Å². The Hall–Kier alpha value is -0.390. The van der Waals surface area contributed by atoms with E-state index in [1.807, 2.05) is 18.4 Å². The fraction of sp³-hybridized carbons (Fsp3) is 0.556. The van der Waals surface area contributed by atoms with E-state index in [2.05, 4.69) is 5.32 Å². The van der Waals surface area contributed by atoms with Crippen LogP contribution in [0.3, 0.4) is 0 Å². The Labute approximate surface area is 88.1 Å². The van der Waals surface area contributed by atoms with Gasteiger partial charge < -0.3 is 5.32 Å². The summed E-state index contributed by atoms with van der Waals surface area (Å²) in [5.74, 6) is 0.516. The highest BCUT2D eigenvalue weighted by molar-refractivity contribution is 7.91. The molecule has 1 aliphatic heterocycles. The summed E-state index contributed by atoms with van der Waals surface area (Å²) >= 11 is 1.63. The molecule has 1 fully saturated rings. The van der Waals surface area contributed by atoms with Gasteiger partial charge in [0, 0.05) is 11.4 Å². The van der Waals surface area contributed by atoms with Crippen molar-refractivity contribution in [1.82, 2.24) is 5.32 Å². The minimum Gasteiger partial charge on any atom is -0.307 e. The number of thiophene rings is 1. The zero-order valence-electron chi connectivity index (χ0n) is 7.99. The predicted octanol–water partition coefficient (Wildman–Crippen LogP) is 1.12. The van der Waals surface area contributed by atoms with Crippen molar-refractivity contribution in [3.8, 4) is 0 Å². The van der Waals surface area contributed by atoms with Gasteiger partial charge in [-0.2, -0.15) is 0 Å². The minimum atomic E-state index is -2.83. The van der Waals surface area contributed by atoms with E-state index >= 15 is 0 Å². The van der Waals surface area contributed by atoms with Crippen LogP contribution >= 0.6 is 11.3 Å². The Morgan fingerprint density at radius 1 is 1.57 bits per heavy atom. The lowest BCUT2D eigenvalue weighted by Gasteiger charge is -2.23. The molecule has 0 spiro atoms. The number of nitrogens with one attached hydrogen (secondary N) is 1. The quantitative estimate of drug-likeness (QED) is 0.787. The molecule has 0 aliphatic carbocycles. The van der Waals surface area contributed by atoms with Crippen LogP contribution in [0.5, 0.6) is 0 Å². The molecule has 3 nitrogen and oxygen atoms in total. The standard InChI is InChI=1S/C9H13NO2S2/c1-7-2-4-13-9(7)8-6-14(11,12)5-3-10-8/h2,4,8,10H,3,5-6H2,1H3. The lowest BCUT2D eigenvalue weighted by Crippen LogP contribution is -2.38. The third-order valence-electron chi connectivity index (χ3n) is 2.44. The first-order valence-corrected chi connectivity index (χ1v) is 7.26. The van der Waals surface area contributed by atoms with Crippen molar-refractivity contribution < 1.29 is 8.42 Å². The Bertz CT molecular complexity index is 422. The summed E-state index contributed by atoms with van der Waals surface area (Å²) in [5, 5.41) is 5.26. The van der Waals surface area contributed by atoms with Gasteiger partial charge in [-0.05, 0) is 23.9 Å². The van der Waals surface area contributed by atoms with E-state index in [0.717, 1.165) is 4.88 Å². The zero-order chi connectivity index (χ0) is 10.2. The normalized spacial score (nSPS) is 26.2. The molecular formula is C9H13NO2S2. The molecule has 0 saturated carbocycles. The van der Waals surface area contributed by atoms with Crippen molar-refractivity contribution in [1.29, 1.82) is 0 Å². The molecule has 0 amide bonds. The lowest BCUT2D eigenvalue weighted by atomic mass is 10.2. The van der Waals surface area contributed by atoms with Crippen molar-refractivity contribution in [2.45, 2.75) is 13.0 Å². The van der Waals surface area contributed by atoms with Crippen molar-refractivity contribution >= 4 is 21.2 Å². The first kappa shape index (κ1) is 10.1. The molecule has 0 aromatic carbocycles. The number of hydrogen-bond donors (Lipinski definition) is 1. The van der Waals surface area contributed by atoms with Crippen LogP contribution in [-0.2, 0) is 9.84 Å². The second-order valence-electron chi connectivity index (χ2n) is 3.59. The topological polar surface area (TPSA) is 46.2 Å². The largest absolute Gasteiger partial charge is 0.307 e. The Kier molecular flexibility index (Phi) is 2.64. The highest BCUT2D eigenvalue weighted by Gasteiger charge is 2.26. The van der Waals surface area contributed by atoms with Crippen molar-refractivity contribution in [3.63, 3.8) is 0 Å². The van der Waals surface area contributed by atoms with Crippen LogP contribution in [-0.4, -0.2) is 26.5 Å². The molecule has 5 heteroatoms. The number of rotatable bonds is 1. The molecule has 1 N–H and O–H groups in total. The number of hydrogen-bond acceptors (Lipinski definition) is 4. The maximum Gasteiger partial charge on any atom is 0.153 e. The third-order valence-corrected chi connectivity index (χ3v) is 5.24. The number of sulfone groups is 1. The molecule has 1 atom stereocenters. The predicted molar refractivity (Wildman–Crippen MR) is 58.5 cm³/mol. The SMILES string of the molecule is Cc1ccsc1C1CS(=O)(=O)CCN1. The smallest absolute Gasteiger partial charge is 0.153 e. The summed E-state index contributed by atoms with van der Waals surface area (Å²) in [6.45, 7) is 2.60. The van der Waals surface area contributed by atoms with Gasteiger partial charge in [0.2, 0.25) is 0 Å². The van der Waals surface area contributed by atoms with Gasteiger partial charge in [-0.25, -0.2) is 8.42 Å². The van der Waals surface area contributed by atoms with E-state index in [9.17, 15) is 8.42 Å². The van der Waals surface area contributed by atoms with E-state index in [4.69, 9.17) is 0 Å². The molecule has 1 aromatic rings. The molecule has 1 saturated heterocycles. The molecular weight excluding hydrogens is 218 g/mol. The van der Waals surface area contributed by atoms with Gasteiger partial charge in [0.15, 0.2) is 9.84 Å². The third kappa shape index (κ3) is 1.99. The van der Waals surface area contributed by atoms with E-state index < -0.39 is 9.84 Å². The summed E-state index contributed by atoms with van der Waals surface area (Å²) in [4.78, 5) is 1.16. The van der Waals surface area contributed by atoms with Gasteiger partial charge in [0.25, 0.3) is 0 Å². The first-order chi connectivity index (χ1) is 6.58. The van der Waals surface area contributed by atoms with Crippen LogP contribution in [0.2, 0.25) is 0 Å². The Morgan fingerprint density at radius 3 is 2.93 bits per heavy atom. The van der Waals surface area contributed by atoms with E-state index in [1.165, 1.54) is 5.56 Å². The molecule has 1 aliphatic rings. The zero-order valence-corrected chi connectivity index (χ0v) is 9.62. The number of aryl methyl sites for hydroxylation is 1. The first-order valence-electron chi connectivity index (χ1n) is 4.56. The maximum atomic E-state index is 11.4. The van der Waals surface area contributed by atoms with E-state index in [1.54, 1.807) is 11.3 Å².